The molecule has 0 rings (SSSR count). The summed E-state index contributed by atoms with van der Waals surface area (Å²) in [6.45, 7) is 9.25. The Morgan fingerprint density at radius 1 is 0.476 bits per heavy atom. The SMILES string of the molecule is CCCCCP(Cl)(CCCC)(CCCCC)CCCCC. The molecule has 130 valence electrons. The molecule has 0 heterocycles. The summed E-state index contributed by atoms with van der Waals surface area (Å²) in [6.07, 6.45) is 20.3. The molecule has 0 saturated carbocycles. The Bertz CT molecular complexity index is 210. The fraction of sp³-hybridized carbons (Fsp3) is 1.00. The van der Waals surface area contributed by atoms with Gasteiger partial charge in [0, 0.05) is 0 Å². The van der Waals surface area contributed by atoms with Gasteiger partial charge in [0.1, 0.15) is 0 Å². The number of hydrogen-bond donors (Lipinski definition) is 0. The van der Waals surface area contributed by atoms with E-state index in [0.717, 1.165) is 0 Å². The molecule has 0 spiro atoms. The van der Waals surface area contributed by atoms with Crippen LogP contribution in [0.1, 0.15) is 98.3 Å². The summed E-state index contributed by atoms with van der Waals surface area (Å²) in [7, 11) is 0. The molecule has 0 aromatic rings. The van der Waals surface area contributed by atoms with Gasteiger partial charge in [0.15, 0.2) is 0 Å². The minimum absolute atomic E-state index is 1.31. The van der Waals surface area contributed by atoms with Crippen molar-refractivity contribution in [1.82, 2.24) is 0 Å². The molecule has 0 N–H and O–H groups in total. The molecule has 0 atom stereocenters. The number of hydrogen-bond acceptors (Lipinski definition) is 0. The Morgan fingerprint density at radius 3 is 1.05 bits per heavy atom. The molecule has 0 saturated heterocycles. The Labute approximate surface area is 140 Å². The number of unbranched alkanes of at least 4 members (excludes halogenated alkanes) is 7. The van der Waals surface area contributed by atoms with Crippen molar-refractivity contribution < 1.29 is 0 Å². The van der Waals surface area contributed by atoms with E-state index < -0.39 is 5.96 Å². The Morgan fingerprint density at radius 2 is 0.762 bits per heavy atom. The second kappa shape index (κ2) is 12.2. The van der Waals surface area contributed by atoms with E-state index in [1.54, 1.807) is 0 Å². The Balaban J connectivity index is 4.86. The van der Waals surface area contributed by atoms with Gasteiger partial charge in [-0.1, -0.05) is 0 Å². The van der Waals surface area contributed by atoms with Crippen LogP contribution in [0.5, 0.6) is 0 Å². The number of rotatable bonds is 15. The summed E-state index contributed by atoms with van der Waals surface area (Å²) in [5, 5.41) is 0. The van der Waals surface area contributed by atoms with E-state index in [0.29, 0.717) is 0 Å². The van der Waals surface area contributed by atoms with Gasteiger partial charge in [-0.3, -0.25) is 0 Å². The molecule has 0 aliphatic carbocycles. The van der Waals surface area contributed by atoms with Crippen molar-refractivity contribution >= 4 is 17.2 Å². The monoisotopic (exact) mass is 336 g/mol. The molecule has 21 heavy (non-hydrogen) atoms. The molecule has 0 aromatic heterocycles. The summed E-state index contributed by atoms with van der Waals surface area (Å²) in [4.78, 5) is 0. The zero-order chi connectivity index (χ0) is 16.1. The fourth-order valence-electron chi connectivity index (χ4n) is 3.50. The van der Waals surface area contributed by atoms with Crippen molar-refractivity contribution in [2.75, 3.05) is 24.6 Å². The topological polar surface area (TPSA) is 0 Å². The van der Waals surface area contributed by atoms with Crippen LogP contribution >= 0.6 is 17.2 Å². The second-order valence-corrected chi connectivity index (χ2v) is 15.5. The summed E-state index contributed by atoms with van der Waals surface area (Å²) in [6, 6.07) is 0. The summed E-state index contributed by atoms with van der Waals surface area (Å²) < 4.78 is 0. The molecule has 0 aliphatic heterocycles. The first-order chi connectivity index (χ1) is 10.0. The van der Waals surface area contributed by atoms with Gasteiger partial charge in [-0.15, -0.1) is 0 Å². The van der Waals surface area contributed by atoms with Crippen LogP contribution in [0.25, 0.3) is 0 Å². The standard InChI is InChI=1S/C19H42ClP/c1-5-9-13-17-21(20,16-12-8-4,18-14-10-6-2)19-15-11-7-3/h5-19H2,1-4H3. The van der Waals surface area contributed by atoms with Crippen molar-refractivity contribution in [2.45, 2.75) is 98.3 Å². The third kappa shape index (κ3) is 9.45. The normalized spacial score (nSPS) is 14.0. The van der Waals surface area contributed by atoms with Crippen molar-refractivity contribution in [1.29, 1.82) is 0 Å². The third-order valence-corrected chi connectivity index (χ3v) is 12.8. The van der Waals surface area contributed by atoms with Crippen molar-refractivity contribution in [3.8, 4) is 0 Å². The zero-order valence-electron chi connectivity index (χ0n) is 15.4. The van der Waals surface area contributed by atoms with Crippen molar-refractivity contribution in [2.24, 2.45) is 0 Å². The van der Waals surface area contributed by atoms with E-state index in [9.17, 15) is 0 Å². The van der Waals surface area contributed by atoms with E-state index >= 15 is 0 Å². The number of halogens is 1. The van der Waals surface area contributed by atoms with Crippen LogP contribution in [-0.2, 0) is 0 Å². The predicted octanol–water partition coefficient (Wildman–Crippen LogP) is 8.06. The first kappa shape index (κ1) is 21.7. The predicted molar refractivity (Wildman–Crippen MR) is 106 cm³/mol. The molecule has 0 bridgehead atoms. The molecule has 2 heteroatoms. The molecular weight excluding hydrogens is 295 g/mol. The van der Waals surface area contributed by atoms with E-state index in [-0.39, 0.29) is 0 Å². The zero-order valence-corrected chi connectivity index (χ0v) is 17.1. The van der Waals surface area contributed by atoms with Gasteiger partial charge in [0.05, 0.1) is 0 Å². The van der Waals surface area contributed by atoms with Gasteiger partial charge < -0.3 is 0 Å². The molecule has 0 fully saturated rings. The van der Waals surface area contributed by atoms with Crippen molar-refractivity contribution in [3.05, 3.63) is 0 Å². The van der Waals surface area contributed by atoms with Crippen LogP contribution in [0, 0.1) is 0 Å². The quantitative estimate of drug-likeness (QED) is 0.209. The molecule has 0 radical (unpaired) electrons. The fourth-order valence-corrected chi connectivity index (χ4v) is 10.4. The summed E-state index contributed by atoms with van der Waals surface area (Å²) in [5.74, 6) is -1.94. The van der Waals surface area contributed by atoms with Gasteiger partial charge in [-0.05, 0) is 0 Å². The molecule has 0 aliphatic rings. The minimum atomic E-state index is -1.94. The van der Waals surface area contributed by atoms with Gasteiger partial charge >= 0.3 is 140 Å². The van der Waals surface area contributed by atoms with Crippen LogP contribution in [-0.4, -0.2) is 24.6 Å². The van der Waals surface area contributed by atoms with Crippen LogP contribution in [0.3, 0.4) is 0 Å². The van der Waals surface area contributed by atoms with E-state index in [2.05, 4.69) is 27.7 Å². The summed E-state index contributed by atoms with van der Waals surface area (Å²) in [5.41, 5.74) is 0. The Kier molecular flexibility index (Phi) is 12.6. The molecule has 0 aromatic carbocycles. The van der Waals surface area contributed by atoms with Gasteiger partial charge in [0.25, 0.3) is 0 Å². The van der Waals surface area contributed by atoms with Crippen LogP contribution in [0.2, 0.25) is 0 Å². The second-order valence-electron chi connectivity index (χ2n) is 7.19. The van der Waals surface area contributed by atoms with Gasteiger partial charge in [-0.2, -0.15) is 0 Å². The van der Waals surface area contributed by atoms with Gasteiger partial charge in [0.2, 0.25) is 0 Å². The summed E-state index contributed by atoms with van der Waals surface area (Å²) >= 11 is 7.61. The molecule has 0 amide bonds. The van der Waals surface area contributed by atoms with E-state index in [1.165, 1.54) is 95.3 Å². The third-order valence-electron chi connectivity index (χ3n) is 5.03. The first-order valence-corrected chi connectivity index (χ1v) is 13.6. The first-order valence-electron chi connectivity index (χ1n) is 9.76. The van der Waals surface area contributed by atoms with Gasteiger partial charge in [-0.25, -0.2) is 0 Å². The van der Waals surface area contributed by atoms with Crippen LogP contribution in [0.4, 0.5) is 0 Å². The van der Waals surface area contributed by atoms with Crippen LogP contribution < -0.4 is 0 Å². The average molecular weight is 337 g/mol. The average Bonchev–Trinajstić information content (AvgIpc) is 2.47. The van der Waals surface area contributed by atoms with E-state index in [4.69, 9.17) is 11.2 Å². The van der Waals surface area contributed by atoms with Crippen molar-refractivity contribution in [3.63, 3.8) is 0 Å². The molecule has 0 nitrogen and oxygen atoms in total. The maximum atomic E-state index is 7.61. The van der Waals surface area contributed by atoms with E-state index in [1.807, 2.05) is 0 Å². The molecular formula is C19H42ClP. The maximum absolute atomic E-state index is 7.61. The Hall–Kier alpha value is 0.720. The van der Waals surface area contributed by atoms with Crippen LogP contribution in [0.15, 0.2) is 0 Å². The molecule has 0 unspecified atom stereocenters.